The summed E-state index contributed by atoms with van der Waals surface area (Å²) in [4.78, 5) is 25.1. The Morgan fingerprint density at radius 2 is 1.82 bits per heavy atom. The van der Waals surface area contributed by atoms with Crippen LogP contribution in [0.3, 0.4) is 0 Å². The zero-order chi connectivity index (χ0) is 20.3. The molecule has 8 heteroatoms. The summed E-state index contributed by atoms with van der Waals surface area (Å²) in [6, 6.07) is 10.8. The molecule has 0 aliphatic heterocycles. The second kappa shape index (κ2) is 8.50. The van der Waals surface area contributed by atoms with Crippen molar-refractivity contribution in [1.82, 2.24) is 0 Å². The van der Waals surface area contributed by atoms with E-state index in [9.17, 15) is 9.59 Å². The number of esters is 1. The van der Waals surface area contributed by atoms with E-state index in [2.05, 4.69) is 5.32 Å². The van der Waals surface area contributed by atoms with Crippen LogP contribution in [-0.2, 0) is 9.53 Å². The van der Waals surface area contributed by atoms with Crippen LogP contribution < -0.4 is 14.8 Å². The van der Waals surface area contributed by atoms with Crippen LogP contribution >= 0.6 is 22.9 Å². The summed E-state index contributed by atoms with van der Waals surface area (Å²) >= 11 is 7.43. The van der Waals surface area contributed by atoms with E-state index < -0.39 is 18.5 Å². The van der Waals surface area contributed by atoms with Gasteiger partial charge in [-0.3, -0.25) is 4.79 Å². The summed E-state index contributed by atoms with van der Waals surface area (Å²) in [5.74, 6) is -0.246. The minimum absolute atomic E-state index is 0.316. The van der Waals surface area contributed by atoms with E-state index in [-0.39, 0.29) is 0 Å². The van der Waals surface area contributed by atoms with Crippen molar-refractivity contribution in [3.05, 3.63) is 51.9 Å². The molecule has 3 rings (SSSR count). The third kappa shape index (κ3) is 4.05. The Hall–Kier alpha value is -2.77. The van der Waals surface area contributed by atoms with E-state index in [0.717, 1.165) is 15.6 Å². The zero-order valence-corrected chi connectivity index (χ0v) is 17.1. The molecule has 1 amide bonds. The van der Waals surface area contributed by atoms with Crippen LogP contribution in [0, 0.1) is 6.92 Å². The van der Waals surface area contributed by atoms with Crippen molar-refractivity contribution in [2.45, 2.75) is 6.92 Å². The number of carbonyl (C=O) groups is 2. The fraction of sp³-hybridized carbons (Fsp3) is 0.200. The molecular weight excluding hydrogens is 402 g/mol. The number of ether oxygens (including phenoxy) is 3. The maximum Gasteiger partial charge on any atom is 0.349 e. The summed E-state index contributed by atoms with van der Waals surface area (Å²) in [7, 11) is 2.94. The molecule has 0 aliphatic carbocycles. The monoisotopic (exact) mass is 419 g/mol. The molecule has 1 aromatic heterocycles. The molecule has 0 unspecified atom stereocenters. The number of carbonyl (C=O) groups excluding carboxylic acids is 2. The molecule has 0 fully saturated rings. The van der Waals surface area contributed by atoms with Crippen LogP contribution in [0.4, 0.5) is 5.69 Å². The normalized spacial score (nSPS) is 10.6. The average Bonchev–Trinajstić information content (AvgIpc) is 3.03. The quantitative estimate of drug-likeness (QED) is 0.587. The first kappa shape index (κ1) is 20.0. The van der Waals surface area contributed by atoms with Gasteiger partial charge in [0, 0.05) is 10.8 Å². The highest BCUT2D eigenvalue weighted by Gasteiger charge is 2.18. The van der Waals surface area contributed by atoms with Crippen molar-refractivity contribution in [2.24, 2.45) is 0 Å². The third-order valence-electron chi connectivity index (χ3n) is 4.11. The minimum atomic E-state index is -0.534. The van der Waals surface area contributed by atoms with Gasteiger partial charge in [-0.15, -0.1) is 11.3 Å². The number of nitrogens with one attached hydrogen (secondary N) is 1. The van der Waals surface area contributed by atoms with Gasteiger partial charge in [0.25, 0.3) is 5.91 Å². The highest BCUT2D eigenvalue weighted by atomic mass is 35.5. The second-order valence-electron chi connectivity index (χ2n) is 5.86. The lowest BCUT2D eigenvalue weighted by molar-refractivity contribution is -0.119. The number of hydrogen-bond donors (Lipinski definition) is 1. The Morgan fingerprint density at radius 1 is 1.11 bits per heavy atom. The lowest BCUT2D eigenvalue weighted by Crippen LogP contribution is -2.21. The first-order valence-corrected chi connectivity index (χ1v) is 9.50. The van der Waals surface area contributed by atoms with E-state index in [4.69, 9.17) is 25.8 Å². The third-order valence-corrected chi connectivity index (χ3v) is 5.66. The molecule has 2 aromatic carbocycles. The molecule has 1 N–H and O–H groups in total. The molecule has 0 saturated carbocycles. The Labute approximate surface area is 171 Å². The van der Waals surface area contributed by atoms with Crippen LogP contribution in [-0.4, -0.2) is 32.7 Å². The van der Waals surface area contributed by atoms with Gasteiger partial charge in [-0.25, -0.2) is 4.79 Å². The predicted molar refractivity (Wildman–Crippen MR) is 110 cm³/mol. The first-order chi connectivity index (χ1) is 13.4. The van der Waals surface area contributed by atoms with E-state index in [1.165, 1.54) is 31.6 Å². The molecule has 6 nitrogen and oxygen atoms in total. The van der Waals surface area contributed by atoms with Gasteiger partial charge in [0.2, 0.25) is 0 Å². The summed E-state index contributed by atoms with van der Waals surface area (Å²) in [6.45, 7) is 1.43. The van der Waals surface area contributed by atoms with Gasteiger partial charge in [0.15, 0.2) is 6.61 Å². The molecule has 1 heterocycles. The molecule has 0 atom stereocenters. The Morgan fingerprint density at radius 3 is 2.50 bits per heavy atom. The minimum Gasteiger partial charge on any atom is -0.495 e. The fourth-order valence-corrected chi connectivity index (χ4v) is 4.05. The number of rotatable bonds is 6. The van der Waals surface area contributed by atoms with Gasteiger partial charge in [-0.05, 0) is 30.0 Å². The van der Waals surface area contributed by atoms with E-state index in [1.807, 2.05) is 31.2 Å². The number of benzene rings is 2. The van der Waals surface area contributed by atoms with Crippen molar-refractivity contribution in [3.8, 4) is 11.5 Å². The molecule has 28 heavy (non-hydrogen) atoms. The maximum atomic E-state index is 12.4. The molecular formula is C20H18ClNO5S. The number of fused-ring (bicyclic) bond motifs is 1. The summed E-state index contributed by atoms with van der Waals surface area (Å²) in [5.41, 5.74) is 1.20. The zero-order valence-electron chi connectivity index (χ0n) is 15.5. The SMILES string of the molecule is COc1cc(OC)c(NC(=O)COC(=O)c2sc3ccccc3c2C)cc1Cl. The largest absolute Gasteiger partial charge is 0.495 e. The molecule has 0 spiro atoms. The van der Waals surface area contributed by atoms with Crippen LogP contribution in [0.1, 0.15) is 15.2 Å². The Bertz CT molecular complexity index is 1050. The molecule has 0 bridgehead atoms. The highest BCUT2D eigenvalue weighted by Crippen LogP contribution is 2.36. The van der Waals surface area contributed by atoms with Gasteiger partial charge >= 0.3 is 5.97 Å². The smallest absolute Gasteiger partial charge is 0.349 e. The van der Waals surface area contributed by atoms with Crippen molar-refractivity contribution in [2.75, 3.05) is 26.1 Å². The van der Waals surface area contributed by atoms with Gasteiger partial charge < -0.3 is 19.5 Å². The lowest BCUT2D eigenvalue weighted by Gasteiger charge is -2.13. The van der Waals surface area contributed by atoms with E-state index in [1.54, 1.807) is 6.07 Å². The average molecular weight is 420 g/mol. The number of amides is 1. The predicted octanol–water partition coefficient (Wildman–Crippen LogP) is 4.68. The van der Waals surface area contributed by atoms with Crippen molar-refractivity contribution in [1.29, 1.82) is 0 Å². The molecule has 146 valence electrons. The molecule has 0 saturated heterocycles. The molecule has 3 aromatic rings. The Kier molecular flexibility index (Phi) is 6.06. The van der Waals surface area contributed by atoms with E-state index in [0.29, 0.717) is 27.1 Å². The first-order valence-electron chi connectivity index (χ1n) is 8.31. The van der Waals surface area contributed by atoms with Crippen molar-refractivity contribution in [3.63, 3.8) is 0 Å². The van der Waals surface area contributed by atoms with E-state index >= 15 is 0 Å². The van der Waals surface area contributed by atoms with Crippen LogP contribution in [0.5, 0.6) is 11.5 Å². The number of halogens is 1. The van der Waals surface area contributed by atoms with Gasteiger partial charge in [0.05, 0.1) is 24.9 Å². The number of aryl methyl sites for hydroxylation is 1. The van der Waals surface area contributed by atoms with Gasteiger partial charge in [0.1, 0.15) is 16.4 Å². The summed E-state index contributed by atoms with van der Waals surface area (Å²) < 4.78 is 16.5. The highest BCUT2D eigenvalue weighted by molar-refractivity contribution is 7.21. The summed E-state index contributed by atoms with van der Waals surface area (Å²) in [6.07, 6.45) is 0. The maximum absolute atomic E-state index is 12.4. The number of hydrogen-bond acceptors (Lipinski definition) is 6. The Balaban J connectivity index is 1.68. The number of methoxy groups -OCH3 is 2. The molecule has 0 radical (unpaired) electrons. The number of thiophene rings is 1. The number of anilines is 1. The van der Waals surface area contributed by atoms with Crippen LogP contribution in [0.15, 0.2) is 36.4 Å². The van der Waals surface area contributed by atoms with Crippen molar-refractivity contribution < 1.29 is 23.8 Å². The van der Waals surface area contributed by atoms with Crippen LogP contribution in [0.2, 0.25) is 5.02 Å². The topological polar surface area (TPSA) is 73.9 Å². The lowest BCUT2D eigenvalue weighted by atomic mass is 10.1. The van der Waals surface area contributed by atoms with Crippen LogP contribution in [0.25, 0.3) is 10.1 Å². The van der Waals surface area contributed by atoms with Crippen molar-refractivity contribution >= 4 is 50.6 Å². The summed E-state index contributed by atoms with van der Waals surface area (Å²) in [5, 5.41) is 3.94. The molecule has 0 aliphatic rings. The second-order valence-corrected chi connectivity index (χ2v) is 7.32. The van der Waals surface area contributed by atoms with Gasteiger partial charge in [-0.2, -0.15) is 0 Å². The standard InChI is InChI=1S/C20H18ClNO5S/c1-11-12-6-4-5-7-17(12)28-19(11)20(24)27-10-18(23)22-14-8-13(21)15(25-2)9-16(14)26-3/h4-9H,10H2,1-3H3,(H,22,23). The fourth-order valence-electron chi connectivity index (χ4n) is 2.71. The van der Waals surface area contributed by atoms with Gasteiger partial charge in [-0.1, -0.05) is 29.8 Å².